The maximum absolute atomic E-state index is 12.1. The molecule has 0 aromatic carbocycles. The van der Waals surface area contributed by atoms with Gasteiger partial charge in [-0.25, -0.2) is 0 Å². The van der Waals surface area contributed by atoms with Crippen LogP contribution in [0.4, 0.5) is 0 Å². The van der Waals surface area contributed by atoms with E-state index in [1.54, 1.807) is 17.4 Å². The summed E-state index contributed by atoms with van der Waals surface area (Å²) in [7, 11) is 0. The molecule has 1 fully saturated rings. The second-order valence-corrected chi connectivity index (χ2v) is 7.15. The van der Waals surface area contributed by atoms with Gasteiger partial charge in [0.2, 0.25) is 0 Å². The molecule has 0 atom stereocenters. The lowest BCUT2D eigenvalue weighted by atomic mass is 10.1. The number of hydrogen-bond acceptors (Lipinski definition) is 6. The zero-order valence-electron chi connectivity index (χ0n) is 13.7. The average molecular weight is 346 g/mol. The Kier molecular flexibility index (Phi) is 5.93. The van der Waals surface area contributed by atoms with Crippen LogP contribution in [0, 0.1) is 0 Å². The van der Waals surface area contributed by atoms with Gasteiger partial charge >= 0.3 is 0 Å². The van der Waals surface area contributed by atoms with Gasteiger partial charge < -0.3 is 4.52 Å². The summed E-state index contributed by atoms with van der Waals surface area (Å²) >= 11 is 1.57. The van der Waals surface area contributed by atoms with E-state index in [1.165, 1.54) is 0 Å². The third-order valence-corrected chi connectivity index (χ3v) is 5.18. The van der Waals surface area contributed by atoms with Crippen molar-refractivity contribution < 1.29 is 14.1 Å². The van der Waals surface area contributed by atoms with E-state index in [-0.39, 0.29) is 5.78 Å². The Morgan fingerprint density at radius 1 is 1.29 bits per heavy atom. The molecule has 0 saturated carbocycles. The minimum atomic E-state index is 0.0479. The predicted molar refractivity (Wildman–Crippen MR) is 93.3 cm³/mol. The summed E-state index contributed by atoms with van der Waals surface area (Å²) in [6.07, 6.45) is 5.31. The summed E-state index contributed by atoms with van der Waals surface area (Å²) in [5.41, 5.74) is 0.425. The van der Waals surface area contributed by atoms with Crippen molar-refractivity contribution in [1.29, 1.82) is 0 Å². The molecule has 0 unspecified atom stereocenters. The lowest BCUT2D eigenvalue weighted by Crippen LogP contribution is -2.21. The Bertz CT molecular complexity index is 678. The van der Waals surface area contributed by atoms with E-state index in [9.17, 15) is 9.59 Å². The highest BCUT2D eigenvalue weighted by Gasteiger charge is 2.18. The number of unbranched alkanes of at least 4 members (excludes halogenated alkanes) is 3. The second-order valence-electron chi connectivity index (χ2n) is 6.21. The normalized spacial score (nSPS) is 15.2. The molecule has 0 N–H and O–H groups in total. The van der Waals surface area contributed by atoms with Crippen molar-refractivity contribution in [2.75, 3.05) is 19.6 Å². The number of carbonyl (C=O) groups is 2. The monoisotopic (exact) mass is 346 g/mol. The number of nitrogens with zero attached hydrogens (tertiary/aromatic N) is 2. The number of likely N-dealkylation sites (tertiary alicyclic amines) is 1. The van der Waals surface area contributed by atoms with E-state index in [0.717, 1.165) is 43.6 Å². The molecular weight excluding hydrogens is 324 g/mol. The second kappa shape index (κ2) is 8.35. The van der Waals surface area contributed by atoms with Gasteiger partial charge in [-0.1, -0.05) is 24.1 Å². The molecule has 1 aliphatic heterocycles. The average Bonchev–Trinajstić information content (AvgIpc) is 3.30. The van der Waals surface area contributed by atoms with E-state index < -0.39 is 0 Å². The molecule has 1 aliphatic rings. The summed E-state index contributed by atoms with van der Waals surface area (Å²) in [5.74, 6) is 1.07. The summed E-state index contributed by atoms with van der Waals surface area (Å²) in [6.45, 7) is 2.53. The molecule has 3 rings (SSSR count). The highest BCUT2D eigenvalue weighted by Crippen LogP contribution is 2.25. The first-order valence-electron chi connectivity index (χ1n) is 8.50. The van der Waals surface area contributed by atoms with Gasteiger partial charge in [0.15, 0.2) is 11.5 Å². The summed E-state index contributed by atoms with van der Waals surface area (Å²) < 4.78 is 5.25. The molecule has 2 aromatic heterocycles. The first kappa shape index (κ1) is 17.0. The first-order chi connectivity index (χ1) is 11.7. The molecule has 0 radical (unpaired) electrons. The Labute approximate surface area is 145 Å². The number of rotatable bonds is 9. The molecule has 24 heavy (non-hydrogen) atoms. The highest BCUT2D eigenvalue weighted by atomic mass is 32.1. The Balaban J connectivity index is 1.32. The number of carbonyl (C=O) groups excluding carboxylic acids is 2. The van der Waals surface area contributed by atoms with Gasteiger partial charge in [0.25, 0.3) is 0 Å². The van der Waals surface area contributed by atoms with Crippen LogP contribution >= 0.6 is 11.3 Å². The molecule has 1 saturated heterocycles. The van der Waals surface area contributed by atoms with Gasteiger partial charge in [0.05, 0.1) is 11.4 Å². The predicted octanol–water partition coefficient (Wildman–Crippen LogP) is 3.81. The van der Waals surface area contributed by atoms with Crippen LogP contribution in [0.25, 0.3) is 10.6 Å². The van der Waals surface area contributed by atoms with Crippen molar-refractivity contribution in [3.05, 3.63) is 29.3 Å². The van der Waals surface area contributed by atoms with Gasteiger partial charge in [-0.3, -0.25) is 14.5 Å². The zero-order valence-corrected chi connectivity index (χ0v) is 14.5. The molecule has 128 valence electrons. The van der Waals surface area contributed by atoms with Crippen LogP contribution in [0.15, 0.2) is 28.1 Å². The summed E-state index contributed by atoms with van der Waals surface area (Å²) in [5, 5.41) is 5.86. The van der Waals surface area contributed by atoms with Gasteiger partial charge in [-0.15, -0.1) is 11.3 Å². The number of Topliss-reactive ketones (excluding diaryl/α,β-unsaturated/α-hetero) is 2. The summed E-state index contributed by atoms with van der Waals surface area (Å²) in [4.78, 5) is 26.5. The number of thiophene rings is 1. The third-order valence-electron chi connectivity index (χ3n) is 4.29. The molecule has 6 heteroatoms. The van der Waals surface area contributed by atoms with E-state index in [4.69, 9.17) is 4.52 Å². The number of hydrogen-bond donors (Lipinski definition) is 0. The van der Waals surface area contributed by atoms with Gasteiger partial charge in [0, 0.05) is 25.5 Å². The largest absolute Gasteiger partial charge is 0.355 e. The van der Waals surface area contributed by atoms with E-state index >= 15 is 0 Å². The first-order valence-corrected chi connectivity index (χ1v) is 9.38. The molecule has 3 heterocycles. The lowest BCUT2D eigenvalue weighted by Gasteiger charge is -2.12. The minimum Gasteiger partial charge on any atom is -0.355 e. The van der Waals surface area contributed by atoms with Crippen LogP contribution in [0.5, 0.6) is 0 Å². The van der Waals surface area contributed by atoms with E-state index in [0.29, 0.717) is 36.6 Å². The van der Waals surface area contributed by atoms with Crippen LogP contribution in [-0.4, -0.2) is 41.3 Å². The summed E-state index contributed by atoms with van der Waals surface area (Å²) in [6, 6.07) is 5.63. The van der Waals surface area contributed by atoms with Crippen molar-refractivity contribution in [3.8, 4) is 10.6 Å². The Morgan fingerprint density at radius 2 is 2.17 bits per heavy atom. The zero-order chi connectivity index (χ0) is 16.8. The van der Waals surface area contributed by atoms with Crippen LogP contribution in [0.1, 0.15) is 49.0 Å². The number of aromatic nitrogens is 1. The van der Waals surface area contributed by atoms with E-state index in [2.05, 4.69) is 10.1 Å². The Morgan fingerprint density at radius 3 is 2.92 bits per heavy atom. The Hall–Kier alpha value is -1.79. The third kappa shape index (κ3) is 4.61. The fourth-order valence-corrected chi connectivity index (χ4v) is 3.60. The standard InChI is InChI=1S/C18H22N2O3S/c21-14-8-10-20(13-14)9-4-2-1-3-6-16(22)15-12-17(23-19-15)18-7-5-11-24-18/h5,7,11-12H,1-4,6,8-10,13H2. The molecule has 0 bridgehead atoms. The van der Waals surface area contributed by atoms with Gasteiger partial charge in [-0.2, -0.15) is 0 Å². The molecule has 0 amide bonds. The molecule has 5 nitrogen and oxygen atoms in total. The van der Waals surface area contributed by atoms with Crippen LogP contribution in [0.2, 0.25) is 0 Å². The van der Waals surface area contributed by atoms with Crippen molar-refractivity contribution in [3.63, 3.8) is 0 Å². The van der Waals surface area contributed by atoms with E-state index in [1.807, 2.05) is 17.5 Å². The van der Waals surface area contributed by atoms with Crippen LogP contribution < -0.4 is 0 Å². The highest BCUT2D eigenvalue weighted by molar-refractivity contribution is 7.13. The maximum Gasteiger partial charge on any atom is 0.184 e. The molecular formula is C18H22N2O3S. The lowest BCUT2D eigenvalue weighted by molar-refractivity contribution is -0.116. The van der Waals surface area contributed by atoms with Crippen molar-refractivity contribution in [2.45, 2.75) is 38.5 Å². The maximum atomic E-state index is 12.1. The molecule has 0 aliphatic carbocycles. The minimum absolute atomic E-state index is 0.0479. The number of ketones is 2. The topological polar surface area (TPSA) is 63.4 Å². The fraction of sp³-hybridized carbons (Fsp3) is 0.500. The van der Waals surface area contributed by atoms with Crippen LogP contribution in [0.3, 0.4) is 0 Å². The molecule has 2 aromatic rings. The van der Waals surface area contributed by atoms with Crippen molar-refractivity contribution in [1.82, 2.24) is 10.1 Å². The van der Waals surface area contributed by atoms with Crippen LogP contribution in [-0.2, 0) is 4.79 Å². The quantitative estimate of drug-likeness (QED) is 0.510. The fourth-order valence-electron chi connectivity index (χ4n) is 2.93. The SMILES string of the molecule is O=C1CCN(CCCCCCC(=O)c2cc(-c3cccs3)on2)C1. The molecule has 0 spiro atoms. The van der Waals surface area contributed by atoms with Crippen molar-refractivity contribution in [2.24, 2.45) is 0 Å². The smallest absolute Gasteiger partial charge is 0.184 e. The van der Waals surface area contributed by atoms with Gasteiger partial charge in [0.1, 0.15) is 11.5 Å². The van der Waals surface area contributed by atoms with Gasteiger partial charge in [-0.05, 0) is 30.8 Å². The van der Waals surface area contributed by atoms with Crippen molar-refractivity contribution >= 4 is 22.9 Å².